The Bertz CT molecular complexity index is 425. The van der Waals surface area contributed by atoms with E-state index in [2.05, 4.69) is 0 Å². The molecule has 1 rings (SSSR count). The Morgan fingerprint density at radius 2 is 1.88 bits per heavy atom. The Balaban J connectivity index is 3.02. The van der Waals surface area contributed by atoms with Crippen LogP contribution >= 0.6 is 0 Å². The Morgan fingerprint density at radius 3 is 2.29 bits per heavy atom. The van der Waals surface area contributed by atoms with Gasteiger partial charge in [0.25, 0.3) is 0 Å². The van der Waals surface area contributed by atoms with Crippen molar-refractivity contribution < 1.29 is 20.1 Å². The van der Waals surface area contributed by atoms with Gasteiger partial charge in [-0.1, -0.05) is 19.9 Å². The molecule has 0 amide bonds. The van der Waals surface area contributed by atoms with Crippen LogP contribution in [0, 0.1) is 11.3 Å². The monoisotopic (exact) mass is 238 g/mol. The number of phenols is 2. The Labute approximate surface area is 101 Å². The minimum Gasteiger partial charge on any atom is -0.504 e. The third-order valence-electron chi connectivity index (χ3n) is 3.37. The number of aromatic hydroxyl groups is 2. The van der Waals surface area contributed by atoms with Gasteiger partial charge in [0, 0.05) is 0 Å². The Morgan fingerprint density at radius 1 is 1.29 bits per heavy atom. The number of phenolic OH excluding ortho intramolecular Hbond substituents is 2. The van der Waals surface area contributed by atoms with Crippen LogP contribution in [-0.2, 0) is 11.2 Å². The molecule has 0 aliphatic carbocycles. The standard InChI is InChI=1S/C13H18O4/c1-8(2)13(3,12(16)17)7-9-4-5-10(14)11(15)6-9/h4-6,8,14-15H,7H2,1-3H3,(H,16,17). The van der Waals surface area contributed by atoms with Crippen molar-refractivity contribution in [3.63, 3.8) is 0 Å². The highest BCUT2D eigenvalue weighted by Crippen LogP contribution is 2.34. The molecular formula is C13H18O4. The molecular weight excluding hydrogens is 220 g/mol. The lowest BCUT2D eigenvalue weighted by molar-refractivity contribution is -0.150. The highest BCUT2D eigenvalue weighted by molar-refractivity contribution is 5.75. The van der Waals surface area contributed by atoms with Crippen LogP contribution in [0.2, 0.25) is 0 Å². The summed E-state index contributed by atoms with van der Waals surface area (Å²) in [6.45, 7) is 5.40. The van der Waals surface area contributed by atoms with Crippen molar-refractivity contribution in [3.8, 4) is 11.5 Å². The van der Waals surface area contributed by atoms with Crippen LogP contribution in [0.15, 0.2) is 18.2 Å². The second-order valence-corrected chi connectivity index (χ2v) is 4.88. The molecule has 0 spiro atoms. The van der Waals surface area contributed by atoms with Gasteiger partial charge in [0.15, 0.2) is 11.5 Å². The second kappa shape index (κ2) is 4.65. The first kappa shape index (κ1) is 13.4. The van der Waals surface area contributed by atoms with E-state index in [1.807, 2.05) is 13.8 Å². The van der Waals surface area contributed by atoms with E-state index < -0.39 is 11.4 Å². The fraction of sp³-hybridized carbons (Fsp3) is 0.462. The summed E-state index contributed by atoms with van der Waals surface area (Å²) in [5, 5.41) is 27.8. The molecule has 1 aromatic carbocycles. The summed E-state index contributed by atoms with van der Waals surface area (Å²) in [4.78, 5) is 11.3. The van der Waals surface area contributed by atoms with Crippen LogP contribution < -0.4 is 0 Å². The third kappa shape index (κ3) is 2.70. The molecule has 1 aromatic rings. The lowest BCUT2D eigenvalue weighted by Gasteiger charge is -2.29. The molecule has 0 bridgehead atoms. The molecule has 0 heterocycles. The fourth-order valence-corrected chi connectivity index (χ4v) is 1.63. The number of carboxylic acids is 1. The second-order valence-electron chi connectivity index (χ2n) is 4.88. The van der Waals surface area contributed by atoms with Gasteiger partial charge >= 0.3 is 5.97 Å². The van der Waals surface area contributed by atoms with Crippen LogP contribution in [0.25, 0.3) is 0 Å². The molecule has 0 radical (unpaired) electrons. The van der Waals surface area contributed by atoms with Gasteiger partial charge < -0.3 is 15.3 Å². The molecule has 0 fully saturated rings. The number of carboxylic acid groups (broad SMARTS) is 1. The van der Waals surface area contributed by atoms with Gasteiger partial charge in [0.05, 0.1) is 5.41 Å². The molecule has 4 heteroatoms. The molecule has 1 atom stereocenters. The topological polar surface area (TPSA) is 77.8 Å². The van der Waals surface area contributed by atoms with E-state index >= 15 is 0 Å². The average molecular weight is 238 g/mol. The number of rotatable bonds is 4. The van der Waals surface area contributed by atoms with Crippen LogP contribution in [0.4, 0.5) is 0 Å². The molecule has 1 unspecified atom stereocenters. The Hall–Kier alpha value is -1.71. The molecule has 0 aromatic heterocycles. The van der Waals surface area contributed by atoms with Gasteiger partial charge in [-0.15, -0.1) is 0 Å². The zero-order valence-corrected chi connectivity index (χ0v) is 10.3. The van der Waals surface area contributed by atoms with Crippen LogP contribution in [0.3, 0.4) is 0 Å². The van der Waals surface area contributed by atoms with Crippen molar-refractivity contribution >= 4 is 5.97 Å². The van der Waals surface area contributed by atoms with Crippen molar-refractivity contribution in [2.75, 3.05) is 0 Å². The van der Waals surface area contributed by atoms with E-state index in [4.69, 9.17) is 0 Å². The maximum absolute atomic E-state index is 11.3. The summed E-state index contributed by atoms with van der Waals surface area (Å²) in [5.74, 6) is -1.31. The maximum atomic E-state index is 11.3. The van der Waals surface area contributed by atoms with Crippen LogP contribution in [-0.4, -0.2) is 21.3 Å². The number of benzene rings is 1. The molecule has 0 saturated carbocycles. The maximum Gasteiger partial charge on any atom is 0.309 e. The molecule has 0 aliphatic heterocycles. The number of hydrogen-bond acceptors (Lipinski definition) is 3. The van der Waals surface area contributed by atoms with Gasteiger partial charge in [-0.3, -0.25) is 4.79 Å². The van der Waals surface area contributed by atoms with Gasteiger partial charge in [0.2, 0.25) is 0 Å². The lowest BCUT2D eigenvalue weighted by Crippen LogP contribution is -2.35. The van der Waals surface area contributed by atoms with E-state index in [0.717, 1.165) is 0 Å². The number of carbonyl (C=O) groups is 1. The van der Waals surface area contributed by atoms with Crippen molar-refractivity contribution in [3.05, 3.63) is 23.8 Å². The third-order valence-corrected chi connectivity index (χ3v) is 3.37. The molecule has 94 valence electrons. The summed E-state index contributed by atoms with van der Waals surface area (Å²) in [5.41, 5.74) is -0.192. The van der Waals surface area contributed by atoms with Gasteiger partial charge in [0.1, 0.15) is 0 Å². The van der Waals surface area contributed by atoms with Crippen molar-refractivity contribution in [1.82, 2.24) is 0 Å². The van der Waals surface area contributed by atoms with Gasteiger partial charge in [-0.05, 0) is 37.0 Å². The average Bonchev–Trinajstić information content (AvgIpc) is 2.22. The van der Waals surface area contributed by atoms with E-state index in [1.165, 1.54) is 12.1 Å². The quantitative estimate of drug-likeness (QED) is 0.704. The largest absolute Gasteiger partial charge is 0.504 e. The summed E-state index contributed by atoms with van der Waals surface area (Å²) < 4.78 is 0. The zero-order chi connectivity index (χ0) is 13.2. The lowest BCUT2D eigenvalue weighted by atomic mass is 9.74. The van der Waals surface area contributed by atoms with E-state index in [9.17, 15) is 20.1 Å². The van der Waals surface area contributed by atoms with Gasteiger partial charge in [-0.25, -0.2) is 0 Å². The highest BCUT2D eigenvalue weighted by atomic mass is 16.4. The SMILES string of the molecule is CC(C)C(C)(Cc1ccc(O)c(O)c1)C(=O)O. The predicted octanol–water partition coefficient (Wildman–Crippen LogP) is 2.39. The van der Waals surface area contributed by atoms with Gasteiger partial charge in [-0.2, -0.15) is 0 Å². The van der Waals surface area contributed by atoms with E-state index in [1.54, 1.807) is 13.0 Å². The molecule has 0 saturated heterocycles. The first-order valence-electron chi connectivity index (χ1n) is 5.51. The van der Waals surface area contributed by atoms with E-state index in [-0.39, 0.29) is 17.4 Å². The van der Waals surface area contributed by atoms with Crippen molar-refractivity contribution in [2.45, 2.75) is 27.2 Å². The fourth-order valence-electron chi connectivity index (χ4n) is 1.63. The first-order valence-corrected chi connectivity index (χ1v) is 5.51. The zero-order valence-electron chi connectivity index (χ0n) is 10.3. The summed E-state index contributed by atoms with van der Waals surface area (Å²) in [7, 11) is 0. The predicted molar refractivity (Wildman–Crippen MR) is 64.1 cm³/mol. The van der Waals surface area contributed by atoms with E-state index in [0.29, 0.717) is 12.0 Å². The molecule has 17 heavy (non-hydrogen) atoms. The number of aliphatic carboxylic acids is 1. The first-order chi connectivity index (χ1) is 7.77. The summed E-state index contributed by atoms with van der Waals surface area (Å²) in [6.07, 6.45) is 0.313. The van der Waals surface area contributed by atoms with Crippen LogP contribution in [0.5, 0.6) is 11.5 Å². The summed E-state index contributed by atoms with van der Waals surface area (Å²) in [6, 6.07) is 4.39. The smallest absolute Gasteiger partial charge is 0.309 e. The van der Waals surface area contributed by atoms with Crippen molar-refractivity contribution in [1.29, 1.82) is 0 Å². The normalized spacial score (nSPS) is 14.6. The summed E-state index contributed by atoms with van der Waals surface area (Å²) >= 11 is 0. The molecule has 0 aliphatic rings. The minimum absolute atomic E-state index is 0.0315. The minimum atomic E-state index is -0.886. The molecule has 4 nitrogen and oxygen atoms in total. The number of hydrogen-bond donors (Lipinski definition) is 3. The highest BCUT2D eigenvalue weighted by Gasteiger charge is 2.36. The van der Waals surface area contributed by atoms with Crippen LogP contribution in [0.1, 0.15) is 26.3 Å². The Kier molecular flexibility index (Phi) is 3.66. The van der Waals surface area contributed by atoms with Crippen molar-refractivity contribution in [2.24, 2.45) is 11.3 Å². The molecule has 3 N–H and O–H groups in total.